The first kappa shape index (κ1) is 13.5. The van der Waals surface area contributed by atoms with Crippen LogP contribution >= 0.6 is 0 Å². The van der Waals surface area contributed by atoms with E-state index in [0.717, 1.165) is 18.9 Å². The number of hydrogen-bond donors (Lipinski definition) is 2. The zero-order valence-electron chi connectivity index (χ0n) is 10.1. The molecule has 0 aliphatic heterocycles. The molecule has 18 heavy (non-hydrogen) atoms. The number of nitrogens with one attached hydrogen (secondary N) is 1. The molecule has 0 aromatic heterocycles. The van der Waals surface area contributed by atoms with E-state index in [1.165, 1.54) is 12.1 Å². The Morgan fingerprint density at radius 1 is 1.44 bits per heavy atom. The van der Waals surface area contributed by atoms with E-state index in [-0.39, 0.29) is 17.5 Å². The molecule has 0 radical (unpaired) electrons. The van der Waals surface area contributed by atoms with Crippen LogP contribution in [0.2, 0.25) is 0 Å². The maximum absolute atomic E-state index is 13.7. The average molecular weight is 273 g/mol. The molecule has 0 unspecified atom stereocenters. The van der Waals surface area contributed by atoms with Gasteiger partial charge in [0.2, 0.25) is 10.0 Å². The smallest absolute Gasteiger partial charge is 0.243 e. The topological polar surface area (TPSA) is 66.4 Å². The minimum absolute atomic E-state index is 0.0954. The summed E-state index contributed by atoms with van der Waals surface area (Å²) in [5.41, 5.74) is 0.351. The highest BCUT2D eigenvalue weighted by Gasteiger charge is 2.30. The van der Waals surface area contributed by atoms with Crippen molar-refractivity contribution in [2.45, 2.75) is 37.3 Å². The first-order valence-electron chi connectivity index (χ1n) is 5.84. The monoisotopic (exact) mass is 273 g/mol. The van der Waals surface area contributed by atoms with Crippen molar-refractivity contribution in [3.8, 4) is 0 Å². The van der Waals surface area contributed by atoms with Crippen molar-refractivity contribution in [1.29, 1.82) is 0 Å². The van der Waals surface area contributed by atoms with Gasteiger partial charge in [0.05, 0.1) is 6.61 Å². The number of aliphatic hydroxyl groups excluding tert-OH is 1. The van der Waals surface area contributed by atoms with Crippen LogP contribution in [0.15, 0.2) is 23.1 Å². The highest BCUT2D eigenvalue weighted by Crippen LogP contribution is 2.28. The van der Waals surface area contributed by atoms with E-state index in [0.29, 0.717) is 11.5 Å². The van der Waals surface area contributed by atoms with Gasteiger partial charge in [-0.05, 0) is 36.5 Å². The molecule has 0 atom stereocenters. The number of hydrogen-bond acceptors (Lipinski definition) is 3. The van der Waals surface area contributed by atoms with Crippen LogP contribution in [0.4, 0.5) is 4.39 Å². The third-order valence-electron chi connectivity index (χ3n) is 3.16. The molecular formula is C12H16FNO3S. The lowest BCUT2D eigenvalue weighted by Crippen LogP contribution is -2.43. The fourth-order valence-corrected chi connectivity index (χ4v) is 3.46. The Bertz CT molecular complexity index is 538. The third-order valence-corrected chi connectivity index (χ3v) is 4.72. The lowest BCUT2D eigenvalue weighted by molar-refractivity contribution is 0.270. The van der Waals surface area contributed by atoms with Crippen molar-refractivity contribution in [1.82, 2.24) is 4.72 Å². The molecular weight excluding hydrogens is 257 g/mol. The quantitative estimate of drug-likeness (QED) is 0.871. The summed E-state index contributed by atoms with van der Waals surface area (Å²) >= 11 is 0. The van der Waals surface area contributed by atoms with Crippen LogP contribution in [0.25, 0.3) is 0 Å². The molecule has 0 amide bonds. The lowest BCUT2D eigenvalue weighted by Gasteiger charge is -2.32. The van der Waals surface area contributed by atoms with Gasteiger partial charge in [-0.25, -0.2) is 17.5 Å². The number of halogens is 1. The molecule has 1 aliphatic carbocycles. The maximum atomic E-state index is 13.7. The number of sulfonamides is 1. The molecule has 1 saturated carbocycles. The van der Waals surface area contributed by atoms with E-state index in [9.17, 15) is 12.8 Å². The predicted octanol–water partition coefficient (Wildman–Crippen LogP) is 1.39. The summed E-state index contributed by atoms with van der Waals surface area (Å²) in [5, 5.41) is 8.85. The van der Waals surface area contributed by atoms with Crippen molar-refractivity contribution < 1.29 is 17.9 Å². The van der Waals surface area contributed by atoms with Gasteiger partial charge >= 0.3 is 0 Å². The lowest BCUT2D eigenvalue weighted by atomic mass is 9.83. The molecule has 0 bridgehead atoms. The van der Waals surface area contributed by atoms with Gasteiger partial charge in [0.25, 0.3) is 0 Å². The van der Waals surface area contributed by atoms with Crippen molar-refractivity contribution >= 4 is 10.0 Å². The molecule has 0 spiro atoms. The Morgan fingerprint density at radius 2 is 2.11 bits per heavy atom. The highest BCUT2D eigenvalue weighted by molar-refractivity contribution is 7.89. The Morgan fingerprint density at radius 3 is 2.61 bits per heavy atom. The van der Waals surface area contributed by atoms with E-state index in [2.05, 4.69) is 4.72 Å². The van der Waals surface area contributed by atoms with Gasteiger partial charge in [0, 0.05) is 6.04 Å². The zero-order valence-corrected chi connectivity index (χ0v) is 10.9. The molecule has 1 aliphatic rings. The van der Waals surface area contributed by atoms with Crippen LogP contribution in [0, 0.1) is 11.7 Å². The van der Waals surface area contributed by atoms with E-state index in [1.54, 1.807) is 0 Å². The van der Waals surface area contributed by atoms with Crippen LogP contribution in [-0.4, -0.2) is 19.6 Å². The molecule has 0 heterocycles. The largest absolute Gasteiger partial charge is 0.392 e. The second-order valence-corrected chi connectivity index (χ2v) is 6.50. The first-order chi connectivity index (χ1) is 8.42. The fourth-order valence-electron chi connectivity index (χ4n) is 2.14. The van der Waals surface area contributed by atoms with Crippen molar-refractivity contribution in [2.75, 3.05) is 0 Å². The molecule has 4 nitrogen and oxygen atoms in total. The van der Waals surface area contributed by atoms with Gasteiger partial charge in [-0.2, -0.15) is 0 Å². The Hall–Kier alpha value is -0.980. The normalized spacial score (nSPS) is 23.7. The molecule has 2 rings (SSSR count). The first-order valence-corrected chi connectivity index (χ1v) is 7.32. The standard InChI is InChI=1S/C12H16FNO3S/c1-8-4-10(5-8)14-18(16,17)12-3-2-9(7-15)6-11(12)13/h2-3,6,8,10,14-15H,4-5,7H2,1H3. The van der Waals surface area contributed by atoms with Crippen LogP contribution in [0.1, 0.15) is 25.3 Å². The molecule has 0 saturated heterocycles. The minimum Gasteiger partial charge on any atom is -0.392 e. The summed E-state index contributed by atoms with van der Waals surface area (Å²) in [7, 11) is -3.81. The van der Waals surface area contributed by atoms with Crippen molar-refractivity contribution in [2.24, 2.45) is 5.92 Å². The average Bonchev–Trinajstić information content (AvgIpc) is 2.26. The number of rotatable bonds is 4. The van der Waals surface area contributed by atoms with E-state index in [1.807, 2.05) is 6.92 Å². The summed E-state index contributed by atoms with van der Waals surface area (Å²) in [6.45, 7) is 1.73. The van der Waals surface area contributed by atoms with Crippen LogP contribution < -0.4 is 4.72 Å². The van der Waals surface area contributed by atoms with E-state index >= 15 is 0 Å². The van der Waals surface area contributed by atoms with E-state index in [4.69, 9.17) is 5.11 Å². The predicted molar refractivity (Wildman–Crippen MR) is 64.8 cm³/mol. The Balaban J connectivity index is 2.19. The number of aliphatic hydroxyl groups is 1. The number of benzene rings is 1. The second kappa shape index (κ2) is 4.95. The fraction of sp³-hybridized carbons (Fsp3) is 0.500. The van der Waals surface area contributed by atoms with Gasteiger partial charge in [-0.1, -0.05) is 13.0 Å². The summed E-state index contributed by atoms with van der Waals surface area (Å²) in [5.74, 6) is -0.319. The molecule has 1 aromatic carbocycles. The maximum Gasteiger partial charge on any atom is 0.243 e. The summed E-state index contributed by atoms with van der Waals surface area (Å²) < 4.78 is 40.0. The molecule has 2 N–H and O–H groups in total. The van der Waals surface area contributed by atoms with Gasteiger partial charge in [0.15, 0.2) is 0 Å². The molecule has 1 fully saturated rings. The minimum atomic E-state index is -3.81. The van der Waals surface area contributed by atoms with Crippen molar-refractivity contribution in [3.63, 3.8) is 0 Å². The van der Waals surface area contributed by atoms with Crippen LogP contribution in [0.3, 0.4) is 0 Å². The van der Waals surface area contributed by atoms with Crippen LogP contribution in [0.5, 0.6) is 0 Å². The summed E-state index contributed by atoms with van der Waals surface area (Å²) in [6.07, 6.45) is 1.57. The zero-order chi connectivity index (χ0) is 13.3. The third kappa shape index (κ3) is 2.71. The van der Waals surface area contributed by atoms with Gasteiger partial charge in [-0.15, -0.1) is 0 Å². The Labute approximate surface area is 106 Å². The van der Waals surface area contributed by atoms with E-state index < -0.39 is 15.8 Å². The Kier molecular flexibility index (Phi) is 3.70. The molecule has 6 heteroatoms. The highest BCUT2D eigenvalue weighted by atomic mass is 32.2. The van der Waals surface area contributed by atoms with Gasteiger partial charge in [0.1, 0.15) is 10.7 Å². The second-order valence-electron chi connectivity index (χ2n) is 4.82. The van der Waals surface area contributed by atoms with Gasteiger partial charge < -0.3 is 5.11 Å². The SMILES string of the molecule is CC1CC(NS(=O)(=O)c2ccc(CO)cc2F)C1. The molecule has 1 aromatic rings. The van der Waals surface area contributed by atoms with Gasteiger partial charge in [-0.3, -0.25) is 0 Å². The molecule has 100 valence electrons. The summed E-state index contributed by atoms with van der Waals surface area (Å²) in [4.78, 5) is -0.362. The summed E-state index contributed by atoms with van der Waals surface area (Å²) in [6, 6.07) is 3.53. The van der Waals surface area contributed by atoms with Crippen molar-refractivity contribution in [3.05, 3.63) is 29.6 Å². The van der Waals surface area contributed by atoms with Crippen LogP contribution in [-0.2, 0) is 16.6 Å².